The minimum Gasteiger partial charge on any atom is -0.494 e. The third-order valence-electron chi connectivity index (χ3n) is 4.49. The number of benzene rings is 1. The fourth-order valence-corrected chi connectivity index (χ4v) is 4.62. The van der Waals surface area contributed by atoms with Crippen LogP contribution in [-0.4, -0.2) is 62.3 Å². The Balaban J connectivity index is 1.77. The van der Waals surface area contributed by atoms with Crippen molar-refractivity contribution in [3.63, 3.8) is 0 Å². The number of aromatic nitrogens is 2. The Morgan fingerprint density at radius 3 is 2.29 bits per heavy atom. The molecule has 1 aromatic carbocycles. The minimum atomic E-state index is -3.67. The number of nitrogens with zero attached hydrogens (tertiary/aromatic N) is 4. The molecule has 0 spiro atoms. The van der Waals surface area contributed by atoms with Crippen molar-refractivity contribution in [1.82, 2.24) is 14.5 Å². The van der Waals surface area contributed by atoms with Gasteiger partial charge in [-0.2, -0.15) is 9.40 Å². The second kappa shape index (κ2) is 8.74. The van der Waals surface area contributed by atoms with E-state index in [2.05, 4.69) is 10.2 Å². The van der Waals surface area contributed by atoms with Crippen LogP contribution in [0, 0.1) is 6.92 Å². The molecule has 152 valence electrons. The molecular formula is C19H26N4O4S. The normalized spacial score (nSPS) is 15.5. The first kappa shape index (κ1) is 20.3. The van der Waals surface area contributed by atoms with E-state index in [1.54, 1.807) is 18.2 Å². The van der Waals surface area contributed by atoms with Crippen LogP contribution in [0.5, 0.6) is 11.5 Å². The molecule has 0 N–H and O–H groups in total. The summed E-state index contributed by atoms with van der Waals surface area (Å²) < 4.78 is 38.9. The summed E-state index contributed by atoms with van der Waals surface area (Å²) in [7, 11) is -3.67. The highest BCUT2D eigenvalue weighted by atomic mass is 32.2. The van der Waals surface area contributed by atoms with Crippen LogP contribution in [0.25, 0.3) is 0 Å². The average molecular weight is 407 g/mol. The Labute approximate surface area is 166 Å². The molecule has 28 heavy (non-hydrogen) atoms. The van der Waals surface area contributed by atoms with Crippen LogP contribution in [0.1, 0.15) is 19.5 Å². The molecule has 0 saturated carbocycles. The highest BCUT2D eigenvalue weighted by Crippen LogP contribution is 2.31. The Bertz CT molecular complexity index is 895. The number of rotatable bonds is 7. The van der Waals surface area contributed by atoms with Gasteiger partial charge in [0.1, 0.15) is 16.4 Å². The summed E-state index contributed by atoms with van der Waals surface area (Å²) >= 11 is 0. The molecular weight excluding hydrogens is 380 g/mol. The summed E-state index contributed by atoms with van der Waals surface area (Å²) in [5.74, 6) is 1.67. The van der Waals surface area contributed by atoms with Gasteiger partial charge < -0.3 is 14.4 Å². The molecule has 0 radical (unpaired) electrons. The van der Waals surface area contributed by atoms with E-state index in [0.29, 0.717) is 50.9 Å². The van der Waals surface area contributed by atoms with Gasteiger partial charge in [-0.3, -0.25) is 0 Å². The van der Waals surface area contributed by atoms with Gasteiger partial charge in [-0.1, -0.05) is 0 Å². The van der Waals surface area contributed by atoms with Crippen molar-refractivity contribution in [2.75, 3.05) is 44.3 Å². The van der Waals surface area contributed by atoms with E-state index in [-0.39, 0.29) is 4.90 Å². The van der Waals surface area contributed by atoms with Gasteiger partial charge >= 0.3 is 0 Å². The van der Waals surface area contributed by atoms with E-state index in [9.17, 15) is 8.42 Å². The largest absolute Gasteiger partial charge is 0.494 e. The lowest BCUT2D eigenvalue weighted by atomic mass is 10.3. The Morgan fingerprint density at radius 1 is 0.964 bits per heavy atom. The zero-order chi connectivity index (χ0) is 20.1. The molecule has 3 rings (SSSR count). The third-order valence-corrected chi connectivity index (χ3v) is 6.43. The minimum absolute atomic E-state index is 0.168. The summed E-state index contributed by atoms with van der Waals surface area (Å²) in [6.07, 6.45) is 0. The van der Waals surface area contributed by atoms with Crippen LogP contribution in [0.15, 0.2) is 35.2 Å². The number of aryl methyl sites for hydroxylation is 1. The number of hydrogen-bond acceptors (Lipinski definition) is 7. The molecule has 8 nitrogen and oxygen atoms in total. The highest BCUT2D eigenvalue weighted by Gasteiger charge is 2.31. The first-order valence-corrected chi connectivity index (χ1v) is 10.8. The van der Waals surface area contributed by atoms with Crippen LogP contribution in [0.3, 0.4) is 0 Å². The summed E-state index contributed by atoms with van der Waals surface area (Å²) in [6.45, 7) is 8.31. The lowest BCUT2D eigenvalue weighted by molar-refractivity contribution is 0.314. The zero-order valence-electron chi connectivity index (χ0n) is 16.5. The van der Waals surface area contributed by atoms with Crippen LogP contribution >= 0.6 is 0 Å². The molecule has 0 aliphatic carbocycles. The fourth-order valence-electron chi connectivity index (χ4n) is 3.08. The van der Waals surface area contributed by atoms with Gasteiger partial charge in [0.25, 0.3) is 0 Å². The van der Waals surface area contributed by atoms with Crippen LogP contribution in [-0.2, 0) is 10.0 Å². The summed E-state index contributed by atoms with van der Waals surface area (Å²) in [5, 5.41) is 8.26. The number of anilines is 1. The monoisotopic (exact) mass is 406 g/mol. The standard InChI is InChI=1S/C19H26N4O4S/c1-4-26-16-7-8-18(17(14-16)27-5-2)28(24,25)23-12-10-22(11-13-23)19-9-6-15(3)20-21-19/h6-9,14H,4-5,10-13H2,1-3H3. The van der Waals surface area contributed by atoms with E-state index >= 15 is 0 Å². The third kappa shape index (κ3) is 4.36. The molecule has 2 heterocycles. The summed E-state index contributed by atoms with van der Waals surface area (Å²) in [4.78, 5) is 2.21. The maximum Gasteiger partial charge on any atom is 0.246 e. The van der Waals surface area contributed by atoms with E-state index in [1.807, 2.05) is 37.8 Å². The lowest BCUT2D eigenvalue weighted by Crippen LogP contribution is -2.49. The first-order chi connectivity index (χ1) is 13.5. The summed E-state index contributed by atoms with van der Waals surface area (Å²) in [6, 6.07) is 8.67. The average Bonchev–Trinajstić information content (AvgIpc) is 2.69. The summed E-state index contributed by atoms with van der Waals surface area (Å²) in [5.41, 5.74) is 0.851. The van der Waals surface area contributed by atoms with Gasteiger partial charge in [-0.05, 0) is 45.0 Å². The zero-order valence-corrected chi connectivity index (χ0v) is 17.3. The maximum atomic E-state index is 13.2. The van der Waals surface area contributed by atoms with Crippen molar-refractivity contribution in [3.05, 3.63) is 36.0 Å². The molecule has 9 heteroatoms. The number of ether oxygens (including phenoxy) is 2. The van der Waals surface area contributed by atoms with E-state index in [0.717, 1.165) is 11.5 Å². The van der Waals surface area contributed by atoms with E-state index in [1.165, 1.54) is 4.31 Å². The van der Waals surface area contributed by atoms with Crippen LogP contribution < -0.4 is 14.4 Å². The predicted molar refractivity (Wildman–Crippen MR) is 107 cm³/mol. The van der Waals surface area contributed by atoms with Gasteiger partial charge in [-0.25, -0.2) is 8.42 Å². The quantitative estimate of drug-likeness (QED) is 0.696. The fraction of sp³-hybridized carbons (Fsp3) is 0.474. The Hall–Kier alpha value is -2.39. The van der Waals surface area contributed by atoms with Crippen molar-refractivity contribution < 1.29 is 17.9 Å². The second-order valence-corrected chi connectivity index (χ2v) is 8.30. The predicted octanol–water partition coefficient (Wildman–Crippen LogP) is 2.09. The highest BCUT2D eigenvalue weighted by molar-refractivity contribution is 7.89. The van der Waals surface area contributed by atoms with Crippen molar-refractivity contribution in [2.45, 2.75) is 25.7 Å². The van der Waals surface area contributed by atoms with Crippen LogP contribution in [0.2, 0.25) is 0 Å². The molecule has 1 aliphatic rings. The SMILES string of the molecule is CCOc1ccc(S(=O)(=O)N2CCN(c3ccc(C)nn3)CC2)c(OCC)c1. The van der Waals surface area contributed by atoms with Gasteiger partial charge in [0.05, 0.1) is 18.9 Å². The van der Waals surface area contributed by atoms with E-state index < -0.39 is 10.0 Å². The smallest absolute Gasteiger partial charge is 0.246 e. The van der Waals surface area contributed by atoms with Gasteiger partial charge in [0.2, 0.25) is 10.0 Å². The molecule has 1 fully saturated rings. The van der Waals surface area contributed by atoms with Gasteiger partial charge in [0, 0.05) is 32.2 Å². The number of piperazine rings is 1. The van der Waals surface area contributed by atoms with Crippen molar-refractivity contribution in [3.8, 4) is 11.5 Å². The first-order valence-electron chi connectivity index (χ1n) is 9.40. The van der Waals surface area contributed by atoms with Crippen LogP contribution in [0.4, 0.5) is 5.82 Å². The van der Waals surface area contributed by atoms with Crippen molar-refractivity contribution in [1.29, 1.82) is 0 Å². The molecule has 1 saturated heterocycles. The van der Waals surface area contributed by atoms with Crippen molar-refractivity contribution >= 4 is 15.8 Å². The number of sulfonamides is 1. The van der Waals surface area contributed by atoms with E-state index in [4.69, 9.17) is 9.47 Å². The van der Waals surface area contributed by atoms with Gasteiger partial charge in [0.15, 0.2) is 5.82 Å². The molecule has 0 amide bonds. The molecule has 0 bridgehead atoms. The molecule has 0 unspecified atom stereocenters. The van der Waals surface area contributed by atoms with Gasteiger partial charge in [-0.15, -0.1) is 5.10 Å². The molecule has 1 aliphatic heterocycles. The van der Waals surface area contributed by atoms with Crippen molar-refractivity contribution in [2.24, 2.45) is 0 Å². The molecule has 2 aromatic rings. The Morgan fingerprint density at radius 2 is 1.68 bits per heavy atom. The second-order valence-electron chi connectivity index (χ2n) is 6.40. The molecule has 0 atom stereocenters. The molecule has 1 aromatic heterocycles. The lowest BCUT2D eigenvalue weighted by Gasteiger charge is -2.34. The maximum absolute atomic E-state index is 13.2. The number of hydrogen-bond donors (Lipinski definition) is 0. The Kier molecular flexibility index (Phi) is 6.35. The topological polar surface area (TPSA) is 84.9 Å².